The number of carboxylic acids is 1. The van der Waals surface area contributed by atoms with Gasteiger partial charge in [-0.05, 0) is 36.0 Å². The van der Waals surface area contributed by atoms with Crippen molar-refractivity contribution in [3.05, 3.63) is 90.0 Å². The summed E-state index contributed by atoms with van der Waals surface area (Å²) in [4.78, 5) is 10.5. The number of carbonyl (C=O) groups is 1. The maximum atomic E-state index is 10.5. The Morgan fingerprint density at radius 2 is 1.43 bits per heavy atom. The van der Waals surface area contributed by atoms with E-state index in [9.17, 15) is 4.79 Å². The van der Waals surface area contributed by atoms with E-state index in [1.165, 1.54) is 16.7 Å². The van der Waals surface area contributed by atoms with Crippen molar-refractivity contribution in [1.82, 2.24) is 0 Å². The van der Waals surface area contributed by atoms with E-state index >= 15 is 0 Å². The first kappa shape index (κ1) is 16.8. The zero-order chi connectivity index (χ0) is 16.3. The van der Waals surface area contributed by atoms with E-state index in [0.717, 1.165) is 19.3 Å². The van der Waals surface area contributed by atoms with Crippen molar-refractivity contribution in [2.45, 2.75) is 25.7 Å². The van der Waals surface area contributed by atoms with Gasteiger partial charge < -0.3 is 5.11 Å². The van der Waals surface area contributed by atoms with Crippen LogP contribution in [0.1, 0.15) is 36.8 Å². The van der Waals surface area contributed by atoms with Crippen LogP contribution in [0.15, 0.2) is 78.9 Å². The van der Waals surface area contributed by atoms with Crippen molar-refractivity contribution in [3.63, 3.8) is 0 Å². The minimum atomic E-state index is -0.718. The molecule has 0 spiro atoms. The summed E-state index contributed by atoms with van der Waals surface area (Å²) in [7, 11) is 0. The molecule has 23 heavy (non-hydrogen) atoms. The van der Waals surface area contributed by atoms with Crippen LogP contribution in [0.3, 0.4) is 0 Å². The van der Waals surface area contributed by atoms with Gasteiger partial charge in [-0.2, -0.15) is 0 Å². The van der Waals surface area contributed by atoms with Gasteiger partial charge >= 0.3 is 5.97 Å². The highest BCUT2D eigenvalue weighted by Gasteiger charge is 2.02. The number of aliphatic carboxylic acids is 1. The van der Waals surface area contributed by atoms with Crippen molar-refractivity contribution in [1.29, 1.82) is 0 Å². The summed E-state index contributed by atoms with van der Waals surface area (Å²) < 4.78 is 0. The van der Waals surface area contributed by atoms with Gasteiger partial charge in [-0.3, -0.25) is 4.79 Å². The zero-order valence-electron chi connectivity index (χ0n) is 13.2. The largest absolute Gasteiger partial charge is 0.481 e. The first-order chi connectivity index (χ1) is 11.3. The highest BCUT2D eigenvalue weighted by Crippen LogP contribution is 2.23. The number of hydrogen-bond donors (Lipinski definition) is 1. The van der Waals surface area contributed by atoms with Crippen LogP contribution in [-0.2, 0) is 4.79 Å². The highest BCUT2D eigenvalue weighted by atomic mass is 16.4. The Morgan fingerprint density at radius 3 is 1.96 bits per heavy atom. The van der Waals surface area contributed by atoms with Crippen molar-refractivity contribution >= 4 is 11.5 Å². The number of benzene rings is 2. The van der Waals surface area contributed by atoms with Gasteiger partial charge in [-0.1, -0.05) is 78.9 Å². The summed E-state index contributed by atoms with van der Waals surface area (Å²) in [5.41, 5.74) is 3.57. The molecule has 0 aliphatic carbocycles. The minimum absolute atomic E-state index is 0.253. The van der Waals surface area contributed by atoms with Crippen LogP contribution >= 0.6 is 0 Å². The van der Waals surface area contributed by atoms with Gasteiger partial charge in [0.1, 0.15) is 0 Å². The highest BCUT2D eigenvalue weighted by molar-refractivity contribution is 5.80. The van der Waals surface area contributed by atoms with E-state index in [1.54, 1.807) is 0 Å². The zero-order valence-corrected chi connectivity index (χ0v) is 13.2. The molecule has 0 radical (unpaired) electrons. The Balaban J connectivity index is 2.04. The average molecular weight is 306 g/mol. The normalized spacial score (nSPS) is 10.6. The van der Waals surface area contributed by atoms with Crippen LogP contribution in [-0.4, -0.2) is 11.1 Å². The molecule has 0 fully saturated rings. The summed E-state index contributed by atoms with van der Waals surface area (Å²) >= 11 is 0. The number of carboxylic acid groups (broad SMARTS) is 1. The third-order valence-electron chi connectivity index (χ3n) is 3.58. The summed E-state index contributed by atoms with van der Waals surface area (Å²) in [5, 5.41) is 8.61. The Morgan fingerprint density at radius 1 is 0.870 bits per heavy atom. The van der Waals surface area contributed by atoms with Gasteiger partial charge in [0, 0.05) is 6.42 Å². The molecule has 2 aromatic carbocycles. The SMILES string of the molecule is O=C(O)CCCC/C=C/C=C(c1ccccc1)c1ccccc1. The van der Waals surface area contributed by atoms with Crippen molar-refractivity contribution in [2.75, 3.05) is 0 Å². The van der Waals surface area contributed by atoms with E-state index in [-0.39, 0.29) is 6.42 Å². The summed E-state index contributed by atoms with van der Waals surface area (Å²) in [6, 6.07) is 20.7. The van der Waals surface area contributed by atoms with Gasteiger partial charge in [0.15, 0.2) is 0 Å². The van der Waals surface area contributed by atoms with E-state index < -0.39 is 5.97 Å². The molecule has 118 valence electrons. The fraction of sp³-hybridized carbons (Fsp3) is 0.190. The molecule has 1 N–H and O–H groups in total. The molecule has 0 aliphatic rings. The molecule has 2 heteroatoms. The van der Waals surface area contributed by atoms with Crippen molar-refractivity contribution in [2.24, 2.45) is 0 Å². The Labute approximate surface area is 137 Å². The lowest BCUT2D eigenvalue weighted by Gasteiger charge is -2.07. The van der Waals surface area contributed by atoms with Gasteiger partial charge in [-0.25, -0.2) is 0 Å². The van der Waals surface area contributed by atoms with Gasteiger partial charge in [0.25, 0.3) is 0 Å². The molecule has 0 saturated carbocycles. The average Bonchev–Trinajstić information content (AvgIpc) is 2.59. The van der Waals surface area contributed by atoms with Gasteiger partial charge in [0.05, 0.1) is 0 Å². The lowest BCUT2D eigenvalue weighted by Crippen LogP contribution is -1.92. The van der Waals surface area contributed by atoms with E-state index in [1.807, 2.05) is 36.4 Å². The summed E-state index contributed by atoms with van der Waals surface area (Å²) in [6.07, 6.45) is 9.09. The molecule has 2 aromatic rings. The second-order valence-electron chi connectivity index (χ2n) is 5.38. The predicted octanol–water partition coefficient (Wildman–Crippen LogP) is 5.32. The Bertz CT molecular complexity index is 613. The lowest BCUT2D eigenvalue weighted by atomic mass is 9.97. The molecular weight excluding hydrogens is 284 g/mol. The summed E-state index contributed by atoms with van der Waals surface area (Å²) in [6.45, 7) is 0. The molecule has 0 atom stereocenters. The standard InChI is InChI=1S/C21H22O2/c22-21(23)17-11-3-1-2-10-16-20(18-12-6-4-7-13-18)19-14-8-5-9-15-19/h2,4-10,12-16H,1,3,11,17H2,(H,22,23)/b10-2+. The minimum Gasteiger partial charge on any atom is -0.481 e. The monoisotopic (exact) mass is 306 g/mol. The molecule has 0 aromatic heterocycles. The predicted molar refractivity (Wildman–Crippen MR) is 95.2 cm³/mol. The number of rotatable bonds is 8. The van der Waals surface area contributed by atoms with Crippen LogP contribution < -0.4 is 0 Å². The topological polar surface area (TPSA) is 37.3 Å². The fourth-order valence-corrected chi connectivity index (χ4v) is 2.39. The van der Waals surface area contributed by atoms with E-state index in [2.05, 4.69) is 42.5 Å². The second-order valence-corrected chi connectivity index (χ2v) is 5.38. The first-order valence-electron chi connectivity index (χ1n) is 7.97. The fourth-order valence-electron chi connectivity index (χ4n) is 2.39. The van der Waals surface area contributed by atoms with Crippen LogP contribution in [0.4, 0.5) is 0 Å². The molecule has 0 unspecified atom stereocenters. The first-order valence-corrected chi connectivity index (χ1v) is 7.97. The van der Waals surface area contributed by atoms with Crippen molar-refractivity contribution < 1.29 is 9.90 Å². The third-order valence-corrected chi connectivity index (χ3v) is 3.58. The van der Waals surface area contributed by atoms with Gasteiger partial charge in [-0.15, -0.1) is 0 Å². The lowest BCUT2D eigenvalue weighted by molar-refractivity contribution is -0.137. The third kappa shape index (κ3) is 5.95. The molecule has 0 heterocycles. The van der Waals surface area contributed by atoms with Crippen LogP contribution in [0.2, 0.25) is 0 Å². The quantitative estimate of drug-likeness (QED) is 0.529. The number of allylic oxidation sites excluding steroid dienone is 3. The maximum Gasteiger partial charge on any atom is 0.303 e. The van der Waals surface area contributed by atoms with Crippen molar-refractivity contribution in [3.8, 4) is 0 Å². The molecule has 0 aliphatic heterocycles. The second kappa shape index (κ2) is 9.42. The molecule has 0 bridgehead atoms. The van der Waals surface area contributed by atoms with Crippen LogP contribution in [0.5, 0.6) is 0 Å². The maximum absolute atomic E-state index is 10.5. The molecule has 0 saturated heterocycles. The molecule has 2 rings (SSSR count). The number of unbranched alkanes of at least 4 members (excludes halogenated alkanes) is 2. The molecular formula is C21H22O2. The molecule has 2 nitrogen and oxygen atoms in total. The van der Waals surface area contributed by atoms with E-state index in [4.69, 9.17) is 5.11 Å². The Hall–Kier alpha value is -2.61. The van der Waals surface area contributed by atoms with Crippen LogP contribution in [0, 0.1) is 0 Å². The smallest absolute Gasteiger partial charge is 0.303 e. The Kier molecular flexibility index (Phi) is 6.86. The van der Waals surface area contributed by atoms with Crippen LogP contribution in [0.25, 0.3) is 5.57 Å². The summed E-state index contributed by atoms with van der Waals surface area (Å²) in [5.74, 6) is -0.718. The van der Waals surface area contributed by atoms with E-state index in [0.29, 0.717) is 0 Å². The number of hydrogen-bond acceptors (Lipinski definition) is 1. The molecule has 0 amide bonds. The van der Waals surface area contributed by atoms with Gasteiger partial charge in [0.2, 0.25) is 0 Å².